The minimum atomic E-state index is -0.385. The van der Waals surface area contributed by atoms with E-state index in [1.54, 1.807) is 12.3 Å². The topological polar surface area (TPSA) is 85.2 Å². The summed E-state index contributed by atoms with van der Waals surface area (Å²) in [4.78, 5) is 4.21. The summed E-state index contributed by atoms with van der Waals surface area (Å²) in [6, 6.07) is 8.50. The van der Waals surface area contributed by atoms with Crippen LogP contribution < -0.4 is 15.6 Å². The van der Waals surface area contributed by atoms with Gasteiger partial charge >= 0.3 is 0 Å². The van der Waals surface area contributed by atoms with Crippen LogP contribution in [0.5, 0.6) is 0 Å². The summed E-state index contributed by atoms with van der Waals surface area (Å²) >= 11 is 0. The van der Waals surface area contributed by atoms with Gasteiger partial charge in [0.25, 0.3) is 0 Å². The molecule has 0 unspecified atom stereocenters. The molecule has 6 nitrogen and oxygen atoms in total. The summed E-state index contributed by atoms with van der Waals surface area (Å²) in [5.74, 6) is -0.428. The lowest BCUT2D eigenvalue weighted by Gasteiger charge is -2.26. The summed E-state index contributed by atoms with van der Waals surface area (Å²) in [5.41, 5.74) is 8.19. The standard InChI is InChI=1S/C17H14FN4O.H2O/c1-10-8-12-4-3-5-14(18)16(12)22-15(10)17(23)21(20-22)13-7-6-11(2)19-9-13;/h3-9,23H,1-2H3;1H2. The maximum atomic E-state index is 14.3. The molecule has 24 heavy (non-hydrogen) atoms. The third kappa shape index (κ3) is 2.22. The van der Waals surface area contributed by atoms with Crippen LogP contribution in [0.15, 0.2) is 53.7 Å². The number of hydrogen-bond donors (Lipinski definition) is 1. The van der Waals surface area contributed by atoms with Crippen LogP contribution in [0.4, 0.5) is 15.8 Å². The van der Waals surface area contributed by atoms with E-state index in [1.165, 1.54) is 16.1 Å². The highest BCUT2D eigenvalue weighted by atomic mass is 19.1. The number of pyridine rings is 1. The second-order valence-electron chi connectivity index (χ2n) is 5.55. The number of anilines is 2. The fraction of sp³-hybridized carbons (Fsp3) is 0.118. The van der Waals surface area contributed by atoms with E-state index in [-0.39, 0.29) is 17.2 Å². The second kappa shape index (κ2) is 5.63. The molecule has 4 rings (SSSR count). The Balaban J connectivity index is 0.00000169. The van der Waals surface area contributed by atoms with Crippen LogP contribution in [0, 0.1) is 12.7 Å². The molecule has 1 aromatic carbocycles. The quantitative estimate of drug-likeness (QED) is 0.872. The minimum Gasteiger partial charge on any atom is -0.492 e. The fourth-order valence-corrected chi connectivity index (χ4v) is 2.80. The highest BCUT2D eigenvalue weighted by molar-refractivity contribution is 5.81. The van der Waals surface area contributed by atoms with Crippen molar-refractivity contribution in [3.05, 3.63) is 70.8 Å². The molecule has 0 spiro atoms. The van der Waals surface area contributed by atoms with Crippen molar-refractivity contribution < 1.29 is 15.0 Å². The van der Waals surface area contributed by atoms with E-state index in [4.69, 9.17) is 0 Å². The third-order valence-corrected chi connectivity index (χ3v) is 3.92. The van der Waals surface area contributed by atoms with Crippen LogP contribution in [0.1, 0.15) is 18.2 Å². The van der Waals surface area contributed by atoms with Crippen molar-refractivity contribution in [1.82, 2.24) is 10.5 Å². The summed E-state index contributed by atoms with van der Waals surface area (Å²) in [6.07, 6.45) is 3.46. The molecule has 0 bridgehead atoms. The first kappa shape index (κ1) is 16.0. The number of rotatable bonds is 1. The molecule has 0 saturated carbocycles. The maximum Gasteiger partial charge on any atom is 0.235 e. The number of aliphatic hydroxyl groups excluding tert-OH is 1. The van der Waals surface area contributed by atoms with Gasteiger partial charge in [0.05, 0.1) is 11.9 Å². The van der Waals surface area contributed by atoms with E-state index in [0.717, 1.165) is 16.8 Å². The maximum absolute atomic E-state index is 14.3. The zero-order valence-electron chi connectivity index (χ0n) is 13.2. The van der Waals surface area contributed by atoms with Crippen molar-refractivity contribution in [2.24, 2.45) is 0 Å². The average Bonchev–Trinajstić information content (AvgIpc) is 2.86. The number of allylic oxidation sites excluding steroid dienone is 1. The molecule has 0 amide bonds. The molecule has 0 aliphatic carbocycles. The van der Waals surface area contributed by atoms with Gasteiger partial charge in [-0.1, -0.05) is 12.1 Å². The summed E-state index contributed by atoms with van der Waals surface area (Å²) in [5, 5.41) is 13.4. The number of aliphatic hydroxyl groups is 1. The lowest BCUT2D eigenvalue weighted by atomic mass is 10.0. The summed E-state index contributed by atoms with van der Waals surface area (Å²) < 4.78 is 14.3. The van der Waals surface area contributed by atoms with Gasteiger partial charge in [-0.25, -0.2) is 14.4 Å². The first-order valence-corrected chi connectivity index (χ1v) is 7.21. The number of aromatic nitrogens is 1. The first-order valence-electron chi connectivity index (χ1n) is 7.21. The van der Waals surface area contributed by atoms with Gasteiger partial charge in [0.2, 0.25) is 5.88 Å². The van der Waals surface area contributed by atoms with Crippen molar-refractivity contribution in [3.63, 3.8) is 0 Å². The Morgan fingerprint density at radius 2 is 1.88 bits per heavy atom. The zero-order valence-corrected chi connectivity index (χ0v) is 13.2. The largest absolute Gasteiger partial charge is 0.492 e. The normalized spacial score (nSPS) is 15.7. The van der Waals surface area contributed by atoms with Gasteiger partial charge in [-0.2, -0.15) is 0 Å². The molecule has 2 aromatic rings. The lowest BCUT2D eigenvalue weighted by molar-refractivity contribution is 0.386. The highest BCUT2D eigenvalue weighted by Gasteiger charge is 2.38. The number of benzene rings is 1. The van der Waals surface area contributed by atoms with Crippen LogP contribution in [0.25, 0.3) is 6.08 Å². The van der Waals surface area contributed by atoms with E-state index in [1.807, 2.05) is 38.1 Å². The number of fused-ring (bicyclic) bond motifs is 3. The van der Waals surface area contributed by atoms with Gasteiger partial charge in [0.1, 0.15) is 17.2 Å². The van der Waals surface area contributed by atoms with E-state index >= 15 is 0 Å². The second-order valence-corrected chi connectivity index (χ2v) is 5.55. The Morgan fingerprint density at radius 1 is 1.08 bits per heavy atom. The molecule has 0 fully saturated rings. The number of hydrogen-bond acceptors (Lipinski definition) is 4. The SMILES string of the molecule is CC1=Cc2cccc(F)c2N2[N]N(c3ccc(C)nc3)C(O)=C12.O. The van der Waals surface area contributed by atoms with Crippen LogP contribution in [-0.2, 0) is 0 Å². The smallest absolute Gasteiger partial charge is 0.235 e. The Morgan fingerprint density at radius 3 is 2.58 bits per heavy atom. The first-order chi connectivity index (χ1) is 11.1. The number of nitrogens with zero attached hydrogens (tertiary/aromatic N) is 4. The van der Waals surface area contributed by atoms with Crippen molar-refractivity contribution in [1.29, 1.82) is 0 Å². The minimum absolute atomic E-state index is 0. The Bertz CT molecular complexity index is 861. The predicted molar refractivity (Wildman–Crippen MR) is 89.4 cm³/mol. The molecule has 123 valence electrons. The molecule has 3 N–H and O–H groups in total. The highest BCUT2D eigenvalue weighted by Crippen LogP contribution is 2.41. The predicted octanol–water partition coefficient (Wildman–Crippen LogP) is 2.61. The van der Waals surface area contributed by atoms with Crippen LogP contribution >= 0.6 is 0 Å². The molecular formula is C17H16FN4O2. The molecule has 1 aromatic heterocycles. The number of halogens is 1. The molecule has 2 aliphatic rings. The zero-order chi connectivity index (χ0) is 16.1. The van der Waals surface area contributed by atoms with E-state index < -0.39 is 0 Å². The molecule has 1 radical (unpaired) electrons. The lowest BCUT2D eigenvalue weighted by Crippen LogP contribution is -2.36. The molecule has 2 aliphatic heterocycles. The monoisotopic (exact) mass is 327 g/mol. The van der Waals surface area contributed by atoms with Gasteiger partial charge in [-0.3, -0.25) is 4.98 Å². The van der Waals surface area contributed by atoms with Crippen molar-refractivity contribution in [2.45, 2.75) is 13.8 Å². The third-order valence-electron chi connectivity index (χ3n) is 3.92. The Kier molecular flexibility index (Phi) is 3.75. The van der Waals surface area contributed by atoms with Gasteiger partial charge < -0.3 is 10.6 Å². The van der Waals surface area contributed by atoms with Gasteiger partial charge in [0.15, 0.2) is 0 Å². The van der Waals surface area contributed by atoms with Gasteiger partial charge in [-0.15, -0.1) is 0 Å². The van der Waals surface area contributed by atoms with E-state index in [9.17, 15) is 9.50 Å². The Labute approximate surface area is 138 Å². The van der Waals surface area contributed by atoms with E-state index in [2.05, 4.69) is 10.5 Å². The van der Waals surface area contributed by atoms with Crippen LogP contribution in [0.3, 0.4) is 0 Å². The number of aryl methyl sites for hydroxylation is 1. The summed E-state index contributed by atoms with van der Waals surface area (Å²) in [7, 11) is 0. The molecule has 0 atom stereocenters. The molecule has 7 heteroatoms. The Hall–Kier alpha value is -2.90. The van der Waals surface area contributed by atoms with Gasteiger partial charge in [0, 0.05) is 11.3 Å². The molecule has 0 saturated heterocycles. The van der Waals surface area contributed by atoms with Crippen molar-refractivity contribution in [3.8, 4) is 0 Å². The average molecular weight is 327 g/mol. The molecular weight excluding hydrogens is 311 g/mol. The fourth-order valence-electron chi connectivity index (χ4n) is 2.80. The van der Waals surface area contributed by atoms with Crippen LogP contribution in [-0.4, -0.2) is 15.6 Å². The van der Waals surface area contributed by atoms with Gasteiger partial charge in [-0.05, 0) is 49.2 Å². The van der Waals surface area contributed by atoms with Crippen LogP contribution in [0.2, 0.25) is 0 Å². The van der Waals surface area contributed by atoms with E-state index in [0.29, 0.717) is 17.1 Å². The summed E-state index contributed by atoms with van der Waals surface area (Å²) in [6.45, 7) is 3.74. The van der Waals surface area contributed by atoms with Crippen molar-refractivity contribution in [2.75, 3.05) is 10.0 Å². The molecule has 3 heterocycles. The van der Waals surface area contributed by atoms with Crippen molar-refractivity contribution >= 4 is 17.5 Å². The number of para-hydroxylation sites is 1.